The molecular weight excluding hydrogens is 376 g/mol. The van der Waals surface area contributed by atoms with E-state index >= 15 is 0 Å². The standard InChI is InChI=1S/C21H26N2O4S/c1-5-27-21(26)16-14(4)17(28-20(16)23-18(24)13(2)3)19(25)22-12-11-15-9-7-6-8-10-15/h6-10,13H,5,11-12H2,1-4H3,(H,22,25)(H,23,24). The first-order chi connectivity index (χ1) is 13.3. The molecule has 0 aliphatic heterocycles. The van der Waals surface area contributed by atoms with E-state index in [9.17, 15) is 14.4 Å². The van der Waals surface area contributed by atoms with Crippen LogP contribution in [0.25, 0.3) is 0 Å². The number of rotatable bonds is 8. The van der Waals surface area contributed by atoms with Crippen LogP contribution in [-0.2, 0) is 16.0 Å². The number of carbonyl (C=O) groups is 3. The zero-order chi connectivity index (χ0) is 20.7. The van der Waals surface area contributed by atoms with Crippen LogP contribution in [0, 0.1) is 12.8 Å². The van der Waals surface area contributed by atoms with Crippen molar-refractivity contribution >= 4 is 34.1 Å². The van der Waals surface area contributed by atoms with Crippen molar-refractivity contribution in [2.24, 2.45) is 5.92 Å². The summed E-state index contributed by atoms with van der Waals surface area (Å²) >= 11 is 1.10. The Morgan fingerprint density at radius 2 is 1.82 bits per heavy atom. The molecule has 7 heteroatoms. The summed E-state index contributed by atoms with van der Waals surface area (Å²) in [7, 11) is 0. The summed E-state index contributed by atoms with van der Waals surface area (Å²) in [5.41, 5.74) is 1.89. The van der Waals surface area contributed by atoms with Crippen molar-refractivity contribution in [3.63, 3.8) is 0 Å². The Morgan fingerprint density at radius 1 is 1.14 bits per heavy atom. The van der Waals surface area contributed by atoms with E-state index in [1.807, 2.05) is 30.3 Å². The smallest absolute Gasteiger partial charge is 0.341 e. The molecule has 2 N–H and O–H groups in total. The largest absolute Gasteiger partial charge is 0.462 e. The van der Waals surface area contributed by atoms with Crippen molar-refractivity contribution < 1.29 is 19.1 Å². The Morgan fingerprint density at radius 3 is 2.43 bits per heavy atom. The number of thiophene rings is 1. The highest BCUT2D eigenvalue weighted by Crippen LogP contribution is 2.34. The fourth-order valence-electron chi connectivity index (χ4n) is 2.57. The van der Waals surface area contributed by atoms with Gasteiger partial charge in [-0.25, -0.2) is 4.79 Å². The Bertz CT molecular complexity index is 844. The molecule has 2 rings (SSSR count). The summed E-state index contributed by atoms with van der Waals surface area (Å²) in [6, 6.07) is 9.86. The second-order valence-electron chi connectivity index (χ2n) is 6.62. The molecule has 1 heterocycles. The number of carbonyl (C=O) groups excluding carboxylic acids is 3. The first kappa shape index (κ1) is 21.6. The molecular formula is C21H26N2O4S. The Hall–Kier alpha value is -2.67. The van der Waals surface area contributed by atoms with E-state index in [1.54, 1.807) is 27.7 Å². The molecule has 0 unspecified atom stereocenters. The number of esters is 1. The van der Waals surface area contributed by atoms with Crippen LogP contribution in [0.3, 0.4) is 0 Å². The molecule has 0 radical (unpaired) electrons. The molecule has 0 fully saturated rings. The minimum absolute atomic E-state index is 0.213. The summed E-state index contributed by atoms with van der Waals surface area (Å²) in [5.74, 6) is -1.28. The number of hydrogen-bond acceptors (Lipinski definition) is 5. The SMILES string of the molecule is CCOC(=O)c1c(NC(=O)C(C)C)sc(C(=O)NCCc2ccccc2)c1C. The number of amides is 2. The second kappa shape index (κ2) is 10.0. The number of benzene rings is 1. The van der Waals surface area contributed by atoms with E-state index in [4.69, 9.17) is 4.74 Å². The van der Waals surface area contributed by atoms with E-state index in [1.165, 1.54) is 0 Å². The van der Waals surface area contributed by atoms with E-state index in [-0.39, 0.29) is 29.9 Å². The lowest BCUT2D eigenvalue weighted by Gasteiger charge is -2.08. The van der Waals surface area contributed by atoms with Gasteiger partial charge < -0.3 is 15.4 Å². The Labute approximate surface area is 169 Å². The van der Waals surface area contributed by atoms with Gasteiger partial charge in [0.25, 0.3) is 5.91 Å². The molecule has 0 aliphatic carbocycles. The summed E-state index contributed by atoms with van der Waals surface area (Å²) < 4.78 is 5.11. The van der Waals surface area contributed by atoms with Gasteiger partial charge in [0, 0.05) is 12.5 Å². The fraction of sp³-hybridized carbons (Fsp3) is 0.381. The predicted octanol–water partition coefficient (Wildman–Crippen LogP) is 3.80. The van der Waals surface area contributed by atoms with E-state index < -0.39 is 5.97 Å². The van der Waals surface area contributed by atoms with E-state index in [2.05, 4.69) is 10.6 Å². The van der Waals surface area contributed by atoms with E-state index in [0.717, 1.165) is 16.9 Å². The van der Waals surface area contributed by atoms with Crippen LogP contribution in [0.5, 0.6) is 0 Å². The normalized spacial score (nSPS) is 10.6. The molecule has 0 aliphatic rings. The van der Waals surface area contributed by atoms with Crippen molar-refractivity contribution in [3.05, 3.63) is 51.9 Å². The maximum atomic E-state index is 12.7. The second-order valence-corrected chi connectivity index (χ2v) is 7.64. The number of anilines is 1. The Balaban J connectivity index is 2.19. The van der Waals surface area contributed by atoms with Crippen LogP contribution in [-0.4, -0.2) is 30.9 Å². The van der Waals surface area contributed by atoms with Crippen molar-refractivity contribution in [2.45, 2.75) is 34.1 Å². The van der Waals surface area contributed by atoms with Gasteiger partial charge in [-0.15, -0.1) is 11.3 Å². The van der Waals surface area contributed by atoms with Crippen LogP contribution < -0.4 is 10.6 Å². The van der Waals surface area contributed by atoms with Gasteiger partial charge in [0.15, 0.2) is 0 Å². The molecule has 6 nitrogen and oxygen atoms in total. The van der Waals surface area contributed by atoms with Gasteiger partial charge in [-0.2, -0.15) is 0 Å². The average molecular weight is 403 g/mol. The molecule has 1 aromatic carbocycles. The molecule has 1 aromatic heterocycles. The van der Waals surface area contributed by atoms with Crippen molar-refractivity contribution in [1.82, 2.24) is 5.32 Å². The molecule has 0 saturated carbocycles. The first-order valence-electron chi connectivity index (χ1n) is 9.28. The lowest BCUT2D eigenvalue weighted by molar-refractivity contribution is -0.118. The monoisotopic (exact) mass is 402 g/mol. The number of hydrogen-bond donors (Lipinski definition) is 2. The first-order valence-corrected chi connectivity index (χ1v) is 10.1. The summed E-state index contributed by atoms with van der Waals surface area (Å²) in [5, 5.41) is 5.98. The summed E-state index contributed by atoms with van der Waals surface area (Å²) in [6.45, 7) is 7.62. The van der Waals surface area contributed by atoms with Gasteiger partial charge in [-0.1, -0.05) is 44.2 Å². The highest BCUT2D eigenvalue weighted by Gasteiger charge is 2.26. The van der Waals surface area contributed by atoms with Gasteiger partial charge >= 0.3 is 5.97 Å². The van der Waals surface area contributed by atoms with Gasteiger partial charge in [0.2, 0.25) is 5.91 Å². The summed E-state index contributed by atoms with van der Waals surface area (Å²) in [6.07, 6.45) is 0.707. The predicted molar refractivity (Wildman–Crippen MR) is 111 cm³/mol. The minimum Gasteiger partial charge on any atom is -0.462 e. The maximum Gasteiger partial charge on any atom is 0.341 e. The highest BCUT2D eigenvalue weighted by atomic mass is 32.1. The van der Waals surface area contributed by atoms with Crippen LogP contribution in [0.4, 0.5) is 5.00 Å². The zero-order valence-electron chi connectivity index (χ0n) is 16.6. The fourth-order valence-corrected chi connectivity index (χ4v) is 3.68. The molecule has 2 aromatic rings. The number of nitrogens with one attached hydrogen (secondary N) is 2. The highest BCUT2D eigenvalue weighted by molar-refractivity contribution is 7.18. The van der Waals surface area contributed by atoms with Crippen LogP contribution >= 0.6 is 11.3 Å². The lowest BCUT2D eigenvalue weighted by atomic mass is 10.1. The van der Waals surface area contributed by atoms with Crippen molar-refractivity contribution in [2.75, 3.05) is 18.5 Å². The topological polar surface area (TPSA) is 84.5 Å². The van der Waals surface area contributed by atoms with E-state index in [0.29, 0.717) is 28.4 Å². The third-order valence-corrected chi connectivity index (χ3v) is 5.34. The lowest BCUT2D eigenvalue weighted by Crippen LogP contribution is -2.25. The van der Waals surface area contributed by atoms with Crippen LogP contribution in [0.2, 0.25) is 0 Å². The molecule has 28 heavy (non-hydrogen) atoms. The van der Waals surface area contributed by atoms with Crippen LogP contribution in [0.15, 0.2) is 30.3 Å². The van der Waals surface area contributed by atoms with Crippen molar-refractivity contribution in [3.8, 4) is 0 Å². The van der Waals surface area contributed by atoms with Gasteiger partial charge in [0.05, 0.1) is 17.0 Å². The third-order valence-electron chi connectivity index (χ3n) is 4.14. The maximum absolute atomic E-state index is 12.7. The molecule has 2 amide bonds. The molecule has 150 valence electrons. The van der Waals surface area contributed by atoms with Gasteiger partial charge in [0.1, 0.15) is 5.00 Å². The number of ether oxygens (including phenoxy) is 1. The third kappa shape index (κ3) is 5.42. The van der Waals surface area contributed by atoms with Gasteiger partial charge in [-0.05, 0) is 31.4 Å². The minimum atomic E-state index is -0.543. The van der Waals surface area contributed by atoms with Crippen LogP contribution in [0.1, 0.15) is 51.9 Å². The Kier molecular flexibility index (Phi) is 7.75. The summed E-state index contributed by atoms with van der Waals surface area (Å²) in [4.78, 5) is 37.5. The average Bonchev–Trinajstić information content (AvgIpc) is 2.98. The molecule has 0 atom stereocenters. The molecule has 0 spiro atoms. The molecule has 0 saturated heterocycles. The molecule has 0 bridgehead atoms. The van der Waals surface area contributed by atoms with Crippen molar-refractivity contribution in [1.29, 1.82) is 0 Å². The quantitative estimate of drug-likeness (QED) is 0.658. The van der Waals surface area contributed by atoms with Gasteiger partial charge in [-0.3, -0.25) is 9.59 Å². The zero-order valence-corrected chi connectivity index (χ0v) is 17.4.